The number of nitrogens with two attached hydrogens (primary N) is 1. The maximum absolute atomic E-state index is 12.7. The molecule has 4 rings (SSSR count). The van der Waals surface area contributed by atoms with Gasteiger partial charge < -0.3 is 10.5 Å². The van der Waals surface area contributed by atoms with Gasteiger partial charge in [-0.3, -0.25) is 0 Å². The van der Waals surface area contributed by atoms with Crippen LogP contribution in [0, 0.1) is 6.92 Å². The average molecular weight is 402 g/mol. The highest BCUT2D eigenvalue weighted by Gasteiger charge is 2.47. The zero-order valence-electron chi connectivity index (χ0n) is 15.1. The van der Waals surface area contributed by atoms with Crippen LogP contribution in [0.2, 0.25) is 10.0 Å². The van der Waals surface area contributed by atoms with Crippen molar-refractivity contribution in [3.8, 4) is 11.1 Å². The minimum atomic E-state index is -0.627. The van der Waals surface area contributed by atoms with E-state index >= 15 is 0 Å². The van der Waals surface area contributed by atoms with Gasteiger partial charge in [0.25, 0.3) is 0 Å². The topological polar surface area (TPSA) is 52.3 Å². The van der Waals surface area contributed by atoms with Gasteiger partial charge in [-0.25, -0.2) is 4.79 Å². The molecule has 3 nitrogen and oxygen atoms in total. The number of aryl methyl sites for hydroxylation is 1. The molecule has 2 N–H and O–H groups in total. The van der Waals surface area contributed by atoms with Crippen molar-refractivity contribution in [3.63, 3.8) is 0 Å². The van der Waals surface area contributed by atoms with Crippen LogP contribution in [0.15, 0.2) is 42.1 Å². The second kappa shape index (κ2) is 6.88. The Labute approximate surface area is 169 Å². The molecule has 1 heterocycles. The van der Waals surface area contributed by atoms with E-state index in [0.29, 0.717) is 21.3 Å². The molecule has 0 saturated heterocycles. The second-order valence-electron chi connectivity index (χ2n) is 7.39. The molecule has 1 aliphatic carbocycles. The number of hydrogen-bond acceptors (Lipinski definition) is 3. The first-order valence-corrected chi connectivity index (χ1v) is 9.97. The monoisotopic (exact) mass is 401 g/mol. The van der Waals surface area contributed by atoms with Gasteiger partial charge in [-0.15, -0.1) is 0 Å². The van der Waals surface area contributed by atoms with Crippen molar-refractivity contribution in [1.82, 2.24) is 0 Å². The van der Waals surface area contributed by atoms with Gasteiger partial charge in [0.05, 0.1) is 11.3 Å². The van der Waals surface area contributed by atoms with Gasteiger partial charge in [0, 0.05) is 15.6 Å². The van der Waals surface area contributed by atoms with Gasteiger partial charge in [-0.2, -0.15) is 0 Å². The van der Waals surface area contributed by atoms with Crippen LogP contribution in [-0.2, 0) is 9.53 Å². The average Bonchev–Trinajstić information content (AvgIpc) is 2.88. The van der Waals surface area contributed by atoms with Crippen molar-refractivity contribution in [2.24, 2.45) is 5.73 Å². The molecule has 140 valence electrons. The summed E-state index contributed by atoms with van der Waals surface area (Å²) < 4.78 is 5.80. The van der Waals surface area contributed by atoms with E-state index < -0.39 is 5.60 Å². The molecule has 5 heteroatoms. The van der Waals surface area contributed by atoms with E-state index in [9.17, 15) is 4.79 Å². The molecule has 0 aromatic heterocycles. The number of hydrogen-bond donors (Lipinski definition) is 1. The van der Waals surface area contributed by atoms with Crippen LogP contribution in [0.5, 0.6) is 0 Å². The Morgan fingerprint density at radius 3 is 2.33 bits per heavy atom. The Morgan fingerprint density at radius 2 is 1.67 bits per heavy atom. The smallest absolute Gasteiger partial charge is 0.341 e. The van der Waals surface area contributed by atoms with Crippen LogP contribution in [0.1, 0.15) is 43.2 Å². The summed E-state index contributed by atoms with van der Waals surface area (Å²) in [5.41, 5.74) is 10.4. The van der Waals surface area contributed by atoms with Crippen LogP contribution >= 0.6 is 23.2 Å². The molecule has 27 heavy (non-hydrogen) atoms. The van der Waals surface area contributed by atoms with E-state index in [1.807, 2.05) is 43.3 Å². The number of carbonyl (C=O) groups is 1. The Morgan fingerprint density at radius 1 is 1.00 bits per heavy atom. The van der Waals surface area contributed by atoms with Crippen LogP contribution < -0.4 is 5.73 Å². The molecule has 1 spiro atoms. The summed E-state index contributed by atoms with van der Waals surface area (Å²) in [7, 11) is 0. The molecular formula is C22H21Cl2NO2. The first-order chi connectivity index (χ1) is 12.9. The van der Waals surface area contributed by atoms with Gasteiger partial charge in [0.15, 0.2) is 5.60 Å². The van der Waals surface area contributed by atoms with Crippen LogP contribution in [0.25, 0.3) is 16.7 Å². The highest BCUT2D eigenvalue weighted by atomic mass is 35.5. The Kier molecular flexibility index (Phi) is 4.69. The maximum Gasteiger partial charge on any atom is 0.341 e. The van der Waals surface area contributed by atoms with E-state index in [2.05, 4.69) is 0 Å². The van der Waals surface area contributed by atoms with E-state index in [0.717, 1.165) is 54.4 Å². The first kappa shape index (κ1) is 18.4. The summed E-state index contributed by atoms with van der Waals surface area (Å²) in [6.07, 6.45) is 4.79. The Balaban J connectivity index is 1.79. The number of benzene rings is 2. The van der Waals surface area contributed by atoms with E-state index in [-0.39, 0.29) is 5.97 Å². The maximum atomic E-state index is 12.7. The van der Waals surface area contributed by atoms with Crippen LogP contribution in [0.3, 0.4) is 0 Å². The zero-order valence-corrected chi connectivity index (χ0v) is 16.7. The molecule has 0 radical (unpaired) electrons. The molecule has 0 amide bonds. The fourth-order valence-corrected chi connectivity index (χ4v) is 4.57. The summed E-state index contributed by atoms with van der Waals surface area (Å²) in [6, 6.07) is 11.3. The fourth-order valence-electron chi connectivity index (χ4n) is 4.17. The molecule has 2 aromatic rings. The van der Waals surface area contributed by atoms with Gasteiger partial charge >= 0.3 is 5.97 Å². The van der Waals surface area contributed by atoms with Gasteiger partial charge in [0.1, 0.15) is 0 Å². The SMILES string of the molecule is Cc1cc(-c2ccc(Cl)cc2)c(Cl)cc1C1=C(N)C2(CCCCC2)OC1=O. The predicted octanol–water partition coefficient (Wildman–Crippen LogP) is 5.90. The summed E-state index contributed by atoms with van der Waals surface area (Å²) in [5.74, 6) is -0.340. The van der Waals surface area contributed by atoms with Crippen molar-refractivity contribution >= 4 is 34.7 Å². The molecule has 2 aliphatic rings. The van der Waals surface area contributed by atoms with Crippen molar-refractivity contribution in [1.29, 1.82) is 0 Å². The highest BCUT2D eigenvalue weighted by molar-refractivity contribution is 6.34. The number of esters is 1. The normalized spacial score (nSPS) is 18.9. The molecular weight excluding hydrogens is 381 g/mol. The molecule has 0 atom stereocenters. The summed E-state index contributed by atoms with van der Waals surface area (Å²) in [6.45, 7) is 1.96. The number of carbonyl (C=O) groups excluding carboxylic acids is 1. The van der Waals surface area contributed by atoms with Crippen molar-refractivity contribution < 1.29 is 9.53 Å². The largest absolute Gasteiger partial charge is 0.449 e. The third-order valence-electron chi connectivity index (χ3n) is 5.65. The van der Waals surface area contributed by atoms with Crippen molar-refractivity contribution in [2.75, 3.05) is 0 Å². The Bertz CT molecular complexity index is 942. The highest BCUT2D eigenvalue weighted by Crippen LogP contribution is 2.45. The molecule has 1 saturated carbocycles. The lowest BCUT2D eigenvalue weighted by atomic mass is 9.81. The van der Waals surface area contributed by atoms with Crippen LogP contribution in [-0.4, -0.2) is 11.6 Å². The van der Waals surface area contributed by atoms with E-state index in [4.69, 9.17) is 33.7 Å². The molecule has 2 aromatic carbocycles. The Hall–Kier alpha value is -1.97. The quantitative estimate of drug-likeness (QED) is 0.637. The van der Waals surface area contributed by atoms with E-state index in [1.165, 1.54) is 0 Å². The first-order valence-electron chi connectivity index (χ1n) is 9.21. The lowest BCUT2D eigenvalue weighted by Gasteiger charge is -2.32. The molecule has 1 aliphatic heterocycles. The lowest BCUT2D eigenvalue weighted by molar-refractivity contribution is -0.147. The van der Waals surface area contributed by atoms with Crippen molar-refractivity contribution in [2.45, 2.75) is 44.6 Å². The third kappa shape index (κ3) is 3.13. The van der Waals surface area contributed by atoms with E-state index in [1.54, 1.807) is 0 Å². The molecule has 0 unspecified atom stereocenters. The third-order valence-corrected chi connectivity index (χ3v) is 6.22. The summed E-state index contributed by atoms with van der Waals surface area (Å²) in [5, 5.41) is 1.24. The number of rotatable bonds is 2. The standard InChI is InChI=1S/C22H21Cl2NO2/c1-13-11-17(14-5-7-15(23)8-6-14)18(24)12-16(13)19-20(25)22(27-21(19)26)9-3-2-4-10-22/h5-8,11-12H,2-4,9-10,25H2,1H3. The summed E-state index contributed by atoms with van der Waals surface area (Å²) in [4.78, 5) is 12.7. The second-order valence-corrected chi connectivity index (χ2v) is 8.23. The van der Waals surface area contributed by atoms with Gasteiger partial charge in [0.2, 0.25) is 0 Å². The van der Waals surface area contributed by atoms with Gasteiger partial charge in [-0.05, 0) is 73.6 Å². The molecule has 1 fully saturated rings. The van der Waals surface area contributed by atoms with Gasteiger partial charge in [-0.1, -0.05) is 41.8 Å². The summed E-state index contributed by atoms with van der Waals surface area (Å²) >= 11 is 12.6. The lowest BCUT2D eigenvalue weighted by Crippen LogP contribution is -2.37. The van der Waals surface area contributed by atoms with Crippen LogP contribution in [0.4, 0.5) is 0 Å². The molecule has 0 bridgehead atoms. The minimum Gasteiger partial charge on any atom is -0.449 e. The zero-order chi connectivity index (χ0) is 19.2. The number of halogens is 2. The minimum absolute atomic E-state index is 0.340. The van der Waals surface area contributed by atoms with Crippen molar-refractivity contribution in [3.05, 3.63) is 63.3 Å². The predicted molar refractivity (Wildman–Crippen MR) is 110 cm³/mol. The number of ether oxygens (including phenoxy) is 1. The fraction of sp³-hybridized carbons (Fsp3) is 0.318.